The second-order valence-corrected chi connectivity index (χ2v) is 4.55. The standard InChI is InChI=1S/C16H16F2O/c1-2-11-3-5-12(6-4-11)16(19)10-13-9-14(17)7-8-15(13)18/h3-9,16,19H,2,10H2,1H3. The molecule has 1 nitrogen and oxygen atoms in total. The highest BCUT2D eigenvalue weighted by Gasteiger charge is 2.12. The Balaban J connectivity index is 2.15. The van der Waals surface area contributed by atoms with Crippen LogP contribution in [0.3, 0.4) is 0 Å². The van der Waals surface area contributed by atoms with Gasteiger partial charge in [-0.3, -0.25) is 0 Å². The van der Waals surface area contributed by atoms with Crippen LogP contribution in [0.2, 0.25) is 0 Å². The third-order valence-electron chi connectivity index (χ3n) is 3.19. The molecule has 0 heterocycles. The van der Waals surface area contributed by atoms with Crippen molar-refractivity contribution in [2.75, 3.05) is 0 Å². The van der Waals surface area contributed by atoms with Gasteiger partial charge in [0.05, 0.1) is 6.10 Å². The minimum absolute atomic E-state index is 0.0645. The summed E-state index contributed by atoms with van der Waals surface area (Å²) in [5.41, 5.74) is 2.07. The Morgan fingerprint density at radius 1 is 1.05 bits per heavy atom. The van der Waals surface area contributed by atoms with Crippen LogP contribution in [-0.2, 0) is 12.8 Å². The lowest BCUT2D eigenvalue weighted by Gasteiger charge is -2.12. The number of aliphatic hydroxyl groups excluding tert-OH is 1. The zero-order chi connectivity index (χ0) is 13.8. The van der Waals surface area contributed by atoms with Gasteiger partial charge in [-0.15, -0.1) is 0 Å². The van der Waals surface area contributed by atoms with E-state index in [9.17, 15) is 13.9 Å². The lowest BCUT2D eigenvalue weighted by atomic mass is 9.99. The third-order valence-corrected chi connectivity index (χ3v) is 3.19. The fraction of sp³-hybridized carbons (Fsp3) is 0.250. The molecule has 1 unspecified atom stereocenters. The lowest BCUT2D eigenvalue weighted by molar-refractivity contribution is 0.177. The molecule has 0 saturated heterocycles. The Morgan fingerprint density at radius 2 is 1.74 bits per heavy atom. The van der Waals surface area contributed by atoms with E-state index in [1.807, 2.05) is 31.2 Å². The molecule has 0 bridgehead atoms. The maximum atomic E-state index is 13.5. The van der Waals surface area contributed by atoms with Gasteiger partial charge in [-0.1, -0.05) is 31.2 Å². The summed E-state index contributed by atoms with van der Waals surface area (Å²) >= 11 is 0. The highest BCUT2D eigenvalue weighted by molar-refractivity contribution is 5.27. The van der Waals surface area contributed by atoms with Crippen molar-refractivity contribution < 1.29 is 13.9 Å². The van der Waals surface area contributed by atoms with Crippen LogP contribution in [0.5, 0.6) is 0 Å². The molecule has 2 aromatic carbocycles. The first-order chi connectivity index (χ1) is 9.10. The van der Waals surface area contributed by atoms with Gasteiger partial charge in [0.25, 0.3) is 0 Å². The topological polar surface area (TPSA) is 20.2 Å². The average molecular weight is 262 g/mol. The summed E-state index contributed by atoms with van der Waals surface area (Å²) in [5, 5.41) is 10.1. The van der Waals surface area contributed by atoms with Gasteiger partial charge in [-0.25, -0.2) is 8.78 Å². The number of benzene rings is 2. The minimum atomic E-state index is -0.831. The predicted molar refractivity (Wildman–Crippen MR) is 70.8 cm³/mol. The van der Waals surface area contributed by atoms with Crippen LogP contribution in [0.25, 0.3) is 0 Å². The van der Waals surface area contributed by atoms with E-state index in [0.717, 1.165) is 24.6 Å². The lowest BCUT2D eigenvalue weighted by Crippen LogP contribution is -2.04. The predicted octanol–water partition coefficient (Wildman–Crippen LogP) is 3.80. The summed E-state index contributed by atoms with van der Waals surface area (Å²) in [7, 11) is 0. The largest absolute Gasteiger partial charge is 0.388 e. The zero-order valence-corrected chi connectivity index (χ0v) is 10.7. The average Bonchev–Trinajstić information content (AvgIpc) is 2.43. The molecule has 2 aromatic rings. The summed E-state index contributed by atoms with van der Waals surface area (Å²) in [6, 6.07) is 10.8. The molecule has 0 amide bonds. The van der Waals surface area contributed by atoms with Crippen LogP contribution < -0.4 is 0 Å². The van der Waals surface area contributed by atoms with Crippen molar-refractivity contribution >= 4 is 0 Å². The van der Waals surface area contributed by atoms with E-state index in [1.165, 1.54) is 5.56 Å². The van der Waals surface area contributed by atoms with Crippen LogP contribution in [0.15, 0.2) is 42.5 Å². The maximum Gasteiger partial charge on any atom is 0.126 e. The molecule has 2 rings (SSSR count). The van der Waals surface area contributed by atoms with Crippen LogP contribution in [0.1, 0.15) is 29.7 Å². The van der Waals surface area contributed by atoms with Crippen molar-refractivity contribution in [3.05, 3.63) is 70.8 Å². The van der Waals surface area contributed by atoms with Crippen LogP contribution in [0, 0.1) is 11.6 Å². The molecule has 3 heteroatoms. The van der Waals surface area contributed by atoms with Gasteiger partial charge in [0.2, 0.25) is 0 Å². The van der Waals surface area contributed by atoms with Crippen LogP contribution in [0.4, 0.5) is 8.78 Å². The molecule has 1 N–H and O–H groups in total. The Labute approximate surface area is 111 Å². The summed E-state index contributed by atoms with van der Waals surface area (Å²) < 4.78 is 26.5. The molecule has 0 aliphatic heterocycles. The fourth-order valence-electron chi connectivity index (χ4n) is 2.00. The molecule has 0 aliphatic carbocycles. The summed E-state index contributed by atoms with van der Waals surface area (Å²) in [5.74, 6) is -0.990. The van der Waals surface area contributed by atoms with Gasteiger partial charge in [-0.05, 0) is 41.3 Å². The number of halogens is 2. The summed E-state index contributed by atoms with van der Waals surface area (Å²) in [4.78, 5) is 0. The number of hydrogen-bond donors (Lipinski definition) is 1. The normalized spacial score (nSPS) is 12.4. The van der Waals surface area contributed by atoms with E-state index in [1.54, 1.807) is 0 Å². The SMILES string of the molecule is CCc1ccc(C(O)Cc2cc(F)ccc2F)cc1. The van der Waals surface area contributed by atoms with Gasteiger partial charge in [-0.2, -0.15) is 0 Å². The van der Waals surface area contributed by atoms with E-state index in [0.29, 0.717) is 5.56 Å². The molecule has 0 aromatic heterocycles. The Morgan fingerprint density at radius 3 is 2.37 bits per heavy atom. The maximum absolute atomic E-state index is 13.5. The number of hydrogen-bond acceptors (Lipinski definition) is 1. The quantitative estimate of drug-likeness (QED) is 0.888. The Bertz CT molecular complexity index is 549. The van der Waals surface area contributed by atoms with E-state index in [2.05, 4.69) is 0 Å². The second-order valence-electron chi connectivity index (χ2n) is 4.55. The molecule has 0 fully saturated rings. The minimum Gasteiger partial charge on any atom is -0.388 e. The van der Waals surface area contributed by atoms with Gasteiger partial charge in [0.15, 0.2) is 0 Å². The number of aryl methyl sites for hydroxylation is 1. The van der Waals surface area contributed by atoms with Crippen molar-refractivity contribution in [3.63, 3.8) is 0 Å². The summed E-state index contributed by atoms with van der Waals surface area (Å²) in [6.45, 7) is 2.05. The smallest absolute Gasteiger partial charge is 0.126 e. The van der Waals surface area contributed by atoms with Crippen molar-refractivity contribution in [2.45, 2.75) is 25.9 Å². The van der Waals surface area contributed by atoms with Crippen molar-refractivity contribution in [2.24, 2.45) is 0 Å². The van der Waals surface area contributed by atoms with E-state index < -0.39 is 17.7 Å². The zero-order valence-electron chi connectivity index (χ0n) is 10.7. The number of aliphatic hydroxyl groups is 1. The summed E-state index contributed by atoms with van der Waals surface area (Å²) in [6.07, 6.45) is 0.159. The Kier molecular flexibility index (Phi) is 4.27. The van der Waals surface area contributed by atoms with Crippen molar-refractivity contribution in [3.8, 4) is 0 Å². The molecule has 0 aliphatic rings. The molecule has 0 spiro atoms. The Hall–Kier alpha value is -1.74. The van der Waals surface area contributed by atoms with E-state index in [-0.39, 0.29) is 12.0 Å². The molecule has 1 atom stereocenters. The molecule has 0 radical (unpaired) electrons. The number of rotatable bonds is 4. The van der Waals surface area contributed by atoms with Gasteiger partial charge in [0.1, 0.15) is 11.6 Å². The molecule has 0 saturated carbocycles. The molecule has 19 heavy (non-hydrogen) atoms. The molecule has 100 valence electrons. The van der Waals surface area contributed by atoms with E-state index in [4.69, 9.17) is 0 Å². The molecular weight excluding hydrogens is 246 g/mol. The van der Waals surface area contributed by atoms with Crippen LogP contribution >= 0.6 is 0 Å². The monoisotopic (exact) mass is 262 g/mol. The first-order valence-electron chi connectivity index (χ1n) is 6.31. The fourth-order valence-corrected chi connectivity index (χ4v) is 2.00. The first-order valence-corrected chi connectivity index (χ1v) is 6.31. The highest BCUT2D eigenvalue weighted by Crippen LogP contribution is 2.21. The van der Waals surface area contributed by atoms with Gasteiger partial charge in [0, 0.05) is 6.42 Å². The first kappa shape index (κ1) is 13.7. The van der Waals surface area contributed by atoms with Gasteiger partial charge < -0.3 is 5.11 Å². The van der Waals surface area contributed by atoms with E-state index >= 15 is 0 Å². The van der Waals surface area contributed by atoms with Crippen molar-refractivity contribution in [1.82, 2.24) is 0 Å². The third kappa shape index (κ3) is 3.38. The van der Waals surface area contributed by atoms with Crippen molar-refractivity contribution in [1.29, 1.82) is 0 Å². The van der Waals surface area contributed by atoms with Gasteiger partial charge >= 0.3 is 0 Å². The molecular formula is C16H16F2O. The highest BCUT2D eigenvalue weighted by atomic mass is 19.1. The van der Waals surface area contributed by atoms with Crippen LogP contribution in [-0.4, -0.2) is 5.11 Å². The second kappa shape index (κ2) is 5.93.